The van der Waals surface area contributed by atoms with E-state index >= 15 is 0 Å². The Morgan fingerprint density at radius 3 is 2.47 bits per heavy atom. The lowest BCUT2D eigenvalue weighted by Crippen LogP contribution is -2.46. The standard InChI is InChI=1S/C11H18N2O3S/c1-11(2,3)13-17(15,16)12-8-9-5-4-6-10(14)7-9/h4-7,12-14H,8H2,1-3H3. The molecule has 5 nitrogen and oxygen atoms in total. The molecule has 0 spiro atoms. The number of benzene rings is 1. The monoisotopic (exact) mass is 258 g/mol. The van der Waals surface area contributed by atoms with Crippen LogP contribution in [0, 0.1) is 0 Å². The molecule has 96 valence electrons. The summed E-state index contributed by atoms with van der Waals surface area (Å²) >= 11 is 0. The SMILES string of the molecule is CC(C)(C)NS(=O)(=O)NCc1cccc(O)c1. The maximum absolute atomic E-state index is 11.6. The van der Waals surface area contributed by atoms with Gasteiger partial charge in [-0.1, -0.05) is 12.1 Å². The number of phenols is 1. The number of rotatable bonds is 4. The normalized spacial score (nSPS) is 12.6. The number of hydrogen-bond donors (Lipinski definition) is 3. The molecule has 0 bridgehead atoms. The van der Waals surface area contributed by atoms with Gasteiger partial charge in [0.25, 0.3) is 10.2 Å². The zero-order valence-electron chi connectivity index (χ0n) is 10.2. The first-order valence-corrected chi connectivity index (χ1v) is 6.73. The largest absolute Gasteiger partial charge is 0.508 e. The van der Waals surface area contributed by atoms with E-state index < -0.39 is 15.7 Å². The molecule has 0 aromatic heterocycles. The summed E-state index contributed by atoms with van der Waals surface area (Å²) in [5, 5.41) is 9.24. The lowest BCUT2D eigenvalue weighted by atomic mass is 10.1. The molecule has 0 radical (unpaired) electrons. The summed E-state index contributed by atoms with van der Waals surface area (Å²) in [7, 11) is -3.53. The highest BCUT2D eigenvalue weighted by molar-refractivity contribution is 7.87. The van der Waals surface area contributed by atoms with Crippen LogP contribution in [-0.4, -0.2) is 19.1 Å². The minimum absolute atomic E-state index is 0.116. The molecule has 0 saturated heterocycles. The minimum atomic E-state index is -3.53. The highest BCUT2D eigenvalue weighted by Gasteiger charge is 2.19. The molecule has 0 amide bonds. The summed E-state index contributed by atoms with van der Waals surface area (Å²) in [6.07, 6.45) is 0. The highest BCUT2D eigenvalue weighted by atomic mass is 32.2. The van der Waals surface area contributed by atoms with Crippen LogP contribution in [0.5, 0.6) is 5.75 Å². The zero-order valence-corrected chi connectivity index (χ0v) is 11.0. The molecule has 0 aliphatic heterocycles. The van der Waals surface area contributed by atoms with E-state index in [4.69, 9.17) is 0 Å². The zero-order chi connectivity index (χ0) is 13.1. The molecule has 0 atom stereocenters. The van der Waals surface area contributed by atoms with Gasteiger partial charge in [0.1, 0.15) is 5.75 Å². The third-order valence-corrected chi connectivity index (χ3v) is 3.22. The van der Waals surface area contributed by atoms with Gasteiger partial charge >= 0.3 is 0 Å². The molecule has 1 rings (SSSR count). The second-order valence-corrected chi connectivity index (χ2v) is 6.35. The van der Waals surface area contributed by atoms with Gasteiger partial charge in [0.05, 0.1) is 0 Å². The number of nitrogens with one attached hydrogen (secondary N) is 2. The smallest absolute Gasteiger partial charge is 0.277 e. The topological polar surface area (TPSA) is 78.4 Å². The van der Waals surface area contributed by atoms with Crippen LogP contribution in [0.1, 0.15) is 26.3 Å². The molecule has 0 heterocycles. The quantitative estimate of drug-likeness (QED) is 0.757. The fourth-order valence-electron chi connectivity index (χ4n) is 1.28. The van der Waals surface area contributed by atoms with Crippen molar-refractivity contribution in [3.8, 4) is 5.75 Å². The van der Waals surface area contributed by atoms with Crippen molar-refractivity contribution in [3.05, 3.63) is 29.8 Å². The molecule has 6 heteroatoms. The van der Waals surface area contributed by atoms with E-state index in [0.717, 1.165) is 0 Å². The highest BCUT2D eigenvalue weighted by Crippen LogP contribution is 2.10. The van der Waals surface area contributed by atoms with Gasteiger partial charge in [-0.15, -0.1) is 0 Å². The van der Waals surface area contributed by atoms with E-state index in [2.05, 4.69) is 9.44 Å². The van der Waals surface area contributed by atoms with Crippen LogP contribution in [0.3, 0.4) is 0 Å². The molecule has 17 heavy (non-hydrogen) atoms. The van der Waals surface area contributed by atoms with E-state index in [1.54, 1.807) is 32.9 Å². The van der Waals surface area contributed by atoms with E-state index in [9.17, 15) is 13.5 Å². The fourth-order valence-corrected chi connectivity index (χ4v) is 2.52. The predicted octanol–water partition coefficient (Wildman–Crippen LogP) is 1.11. The van der Waals surface area contributed by atoms with Gasteiger partial charge in [-0.05, 0) is 38.5 Å². The van der Waals surface area contributed by atoms with Crippen LogP contribution in [-0.2, 0) is 16.8 Å². The minimum Gasteiger partial charge on any atom is -0.508 e. The van der Waals surface area contributed by atoms with Gasteiger partial charge in [-0.2, -0.15) is 17.9 Å². The molecule has 3 N–H and O–H groups in total. The third-order valence-electron chi connectivity index (χ3n) is 1.82. The van der Waals surface area contributed by atoms with Gasteiger partial charge in [-0.25, -0.2) is 0 Å². The summed E-state index contributed by atoms with van der Waals surface area (Å²) in [5.41, 5.74) is 0.175. The molecular weight excluding hydrogens is 240 g/mol. The van der Waals surface area contributed by atoms with E-state index in [1.807, 2.05) is 0 Å². The van der Waals surface area contributed by atoms with E-state index in [1.165, 1.54) is 12.1 Å². The van der Waals surface area contributed by atoms with Crippen molar-refractivity contribution in [3.63, 3.8) is 0 Å². The molecule has 1 aromatic carbocycles. The average molecular weight is 258 g/mol. The van der Waals surface area contributed by atoms with Crippen molar-refractivity contribution >= 4 is 10.2 Å². The third kappa shape index (κ3) is 5.67. The first kappa shape index (κ1) is 14.0. The van der Waals surface area contributed by atoms with Crippen molar-refractivity contribution in [2.24, 2.45) is 0 Å². The lowest BCUT2D eigenvalue weighted by molar-refractivity contribution is 0.473. The fraction of sp³-hybridized carbons (Fsp3) is 0.455. The Morgan fingerprint density at radius 1 is 1.29 bits per heavy atom. The van der Waals surface area contributed by atoms with Gasteiger partial charge in [0, 0.05) is 12.1 Å². The molecule has 0 saturated carbocycles. The molecule has 0 aliphatic carbocycles. The van der Waals surface area contributed by atoms with Crippen molar-refractivity contribution in [2.75, 3.05) is 0 Å². The summed E-state index contributed by atoms with van der Waals surface area (Å²) in [4.78, 5) is 0. The Kier molecular flexibility index (Phi) is 4.13. The van der Waals surface area contributed by atoms with Crippen LogP contribution in [0.2, 0.25) is 0 Å². The first-order valence-electron chi connectivity index (χ1n) is 5.24. The van der Waals surface area contributed by atoms with Crippen LogP contribution in [0.4, 0.5) is 0 Å². The van der Waals surface area contributed by atoms with E-state index in [0.29, 0.717) is 5.56 Å². The van der Waals surface area contributed by atoms with E-state index in [-0.39, 0.29) is 12.3 Å². The Bertz CT molecular complexity index is 478. The van der Waals surface area contributed by atoms with Crippen molar-refractivity contribution in [1.29, 1.82) is 0 Å². The van der Waals surface area contributed by atoms with Gasteiger partial charge in [-0.3, -0.25) is 0 Å². The molecule has 0 unspecified atom stereocenters. The average Bonchev–Trinajstić information content (AvgIpc) is 2.11. The Labute approximate surface area is 102 Å². The van der Waals surface area contributed by atoms with Crippen LogP contribution in [0.25, 0.3) is 0 Å². The van der Waals surface area contributed by atoms with Crippen molar-refractivity contribution in [2.45, 2.75) is 32.9 Å². The number of aromatic hydroxyl groups is 1. The second kappa shape index (κ2) is 5.03. The molecule has 0 aliphatic rings. The predicted molar refractivity (Wildman–Crippen MR) is 66.8 cm³/mol. The van der Waals surface area contributed by atoms with Gasteiger partial charge in [0.2, 0.25) is 0 Å². The van der Waals surface area contributed by atoms with Crippen molar-refractivity contribution < 1.29 is 13.5 Å². The first-order chi connectivity index (χ1) is 7.68. The summed E-state index contributed by atoms with van der Waals surface area (Å²) < 4.78 is 28.1. The second-order valence-electron chi connectivity index (χ2n) is 4.85. The Morgan fingerprint density at radius 2 is 1.94 bits per heavy atom. The maximum atomic E-state index is 11.6. The number of phenolic OH excluding ortho intramolecular Hbond substituents is 1. The summed E-state index contributed by atoms with van der Waals surface area (Å²) in [5.74, 6) is 0.116. The lowest BCUT2D eigenvalue weighted by Gasteiger charge is -2.20. The molecule has 0 fully saturated rings. The summed E-state index contributed by atoms with van der Waals surface area (Å²) in [6.45, 7) is 5.43. The van der Waals surface area contributed by atoms with Crippen LogP contribution in [0.15, 0.2) is 24.3 Å². The summed E-state index contributed by atoms with van der Waals surface area (Å²) in [6, 6.07) is 6.44. The van der Waals surface area contributed by atoms with Gasteiger partial charge in [0.15, 0.2) is 0 Å². The maximum Gasteiger partial charge on any atom is 0.277 e. The van der Waals surface area contributed by atoms with Crippen LogP contribution < -0.4 is 9.44 Å². The Balaban J connectivity index is 2.62. The van der Waals surface area contributed by atoms with Crippen LogP contribution >= 0.6 is 0 Å². The Hall–Kier alpha value is -1.11. The van der Waals surface area contributed by atoms with Gasteiger partial charge < -0.3 is 5.11 Å². The molecule has 1 aromatic rings. The molecular formula is C11H18N2O3S. The number of hydrogen-bond acceptors (Lipinski definition) is 3. The van der Waals surface area contributed by atoms with Crippen molar-refractivity contribution in [1.82, 2.24) is 9.44 Å².